The maximum atomic E-state index is 13.5. The number of aromatic nitrogens is 1. The Morgan fingerprint density at radius 2 is 2.03 bits per heavy atom. The summed E-state index contributed by atoms with van der Waals surface area (Å²) in [5.74, 6) is -0.841. The molecule has 30 heavy (non-hydrogen) atoms. The van der Waals surface area contributed by atoms with Crippen LogP contribution >= 0.6 is 11.6 Å². The molecule has 0 radical (unpaired) electrons. The summed E-state index contributed by atoms with van der Waals surface area (Å²) in [5.41, 5.74) is 1.82. The number of nitrogens with one attached hydrogen (secondary N) is 1. The third-order valence-corrected chi connectivity index (χ3v) is 5.79. The molecule has 7 heteroatoms. The van der Waals surface area contributed by atoms with Gasteiger partial charge in [0, 0.05) is 41.1 Å². The summed E-state index contributed by atoms with van der Waals surface area (Å²) in [6, 6.07) is 10.1. The predicted octanol–water partition coefficient (Wildman–Crippen LogP) is 4.59. The maximum absolute atomic E-state index is 13.5. The predicted molar refractivity (Wildman–Crippen MR) is 116 cm³/mol. The second-order valence-electron chi connectivity index (χ2n) is 7.57. The third-order valence-electron chi connectivity index (χ3n) is 5.56. The van der Waals surface area contributed by atoms with E-state index in [-0.39, 0.29) is 23.7 Å². The number of fused-ring (bicyclic) bond motifs is 1. The largest absolute Gasteiger partial charge is 0.464 e. The maximum Gasteiger partial charge on any atom is 0.248 e. The van der Waals surface area contributed by atoms with Crippen molar-refractivity contribution in [3.63, 3.8) is 0 Å². The van der Waals surface area contributed by atoms with Gasteiger partial charge in [0.1, 0.15) is 17.5 Å². The van der Waals surface area contributed by atoms with Crippen molar-refractivity contribution >= 4 is 40.1 Å². The van der Waals surface area contributed by atoms with Crippen LogP contribution < -0.4 is 10.2 Å². The number of anilines is 1. The number of hydrogen-bond acceptors (Lipinski definition) is 4. The van der Waals surface area contributed by atoms with Crippen LogP contribution in [0, 0.1) is 0 Å². The van der Waals surface area contributed by atoms with Gasteiger partial charge in [-0.2, -0.15) is 0 Å². The van der Waals surface area contributed by atoms with Crippen LogP contribution in [0.25, 0.3) is 11.0 Å². The van der Waals surface area contributed by atoms with E-state index >= 15 is 0 Å². The first-order valence-corrected chi connectivity index (χ1v) is 10.8. The first kappa shape index (κ1) is 20.4. The Hall–Kier alpha value is -2.86. The number of carbonyl (C=O) groups excluding carboxylic acids is 2. The van der Waals surface area contributed by atoms with Crippen molar-refractivity contribution in [1.82, 2.24) is 10.3 Å². The van der Waals surface area contributed by atoms with E-state index in [1.165, 1.54) is 11.3 Å². The van der Waals surface area contributed by atoms with Gasteiger partial charge in [0.2, 0.25) is 11.8 Å². The Balaban J connectivity index is 1.74. The second kappa shape index (κ2) is 9.30. The van der Waals surface area contributed by atoms with Gasteiger partial charge in [-0.05, 0) is 37.1 Å². The highest BCUT2D eigenvalue weighted by molar-refractivity contribution is 6.30. The van der Waals surface area contributed by atoms with E-state index in [4.69, 9.17) is 16.0 Å². The van der Waals surface area contributed by atoms with Crippen molar-refractivity contribution in [1.29, 1.82) is 0 Å². The summed E-state index contributed by atoms with van der Waals surface area (Å²) in [5, 5.41) is 4.07. The zero-order chi connectivity index (χ0) is 20.9. The number of pyridine rings is 1. The minimum absolute atomic E-state index is 0.117. The number of furan rings is 1. The standard InChI is InChI=1S/C23H24ClN3O3/c24-14-21(28)27(19-9-8-16-10-12-30-20(16)13-19)22(17-5-4-11-25-15-17)23(29)26-18-6-2-1-3-7-18/h4-5,8-13,15,18,22H,1-3,6-7,14H2,(H,26,29). The Morgan fingerprint density at radius 3 is 2.77 bits per heavy atom. The van der Waals surface area contributed by atoms with Crippen molar-refractivity contribution < 1.29 is 14.0 Å². The minimum Gasteiger partial charge on any atom is -0.464 e. The van der Waals surface area contributed by atoms with Gasteiger partial charge < -0.3 is 9.73 Å². The van der Waals surface area contributed by atoms with Gasteiger partial charge in [0.05, 0.1) is 6.26 Å². The fourth-order valence-corrected chi connectivity index (χ4v) is 4.21. The Bertz CT molecular complexity index is 1010. The molecule has 156 valence electrons. The van der Waals surface area contributed by atoms with Crippen molar-refractivity contribution in [2.24, 2.45) is 0 Å². The number of nitrogens with zero attached hydrogens (tertiary/aromatic N) is 2. The molecule has 0 saturated heterocycles. The zero-order valence-corrected chi connectivity index (χ0v) is 17.3. The molecule has 2 amide bonds. The van der Waals surface area contributed by atoms with Gasteiger partial charge in [-0.1, -0.05) is 25.3 Å². The monoisotopic (exact) mass is 425 g/mol. The van der Waals surface area contributed by atoms with E-state index in [1.54, 1.807) is 42.9 Å². The van der Waals surface area contributed by atoms with Crippen LogP contribution in [0.3, 0.4) is 0 Å². The summed E-state index contributed by atoms with van der Waals surface area (Å²) in [7, 11) is 0. The highest BCUT2D eigenvalue weighted by Gasteiger charge is 2.34. The van der Waals surface area contributed by atoms with Crippen LogP contribution in [0.1, 0.15) is 43.7 Å². The molecule has 0 spiro atoms. The molecule has 1 atom stereocenters. The molecule has 6 nitrogen and oxygen atoms in total. The molecular weight excluding hydrogens is 402 g/mol. The lowest BCUT2D eigenvalue weighted by Crippen LogP contribution is -2.47. The van der Waals surface area contributed by atoms with Crippen molar-refractivity contribution in [3.05, 3.63) is 60.6 Å². The van der Waals surface area contributed by atoms with Gasteiger partial charge in [-0.15, -0.1) is 11.6 Å². The number of amides is 2. The lowest BCUT2D eigenvalue weighted by Gasteiger charge is -2.33. The lowest BCUT2D eigenvalue weighted by molar-refractivity contribution is -0.126. The smallest absolute Gasteiger partial charge is 0.248 e. The first-order chi connectivity index (χ1) is 14.7. The average Bonchev–Trinajstić information content (AvgIpc) is 3.26. The normalized spacial score (nSPS) is 15.6. The summed E-state index contributed by atoms with van der Waals surface area (Å²) in [6.45, 7) is 0. The van der Waals surface area contributed by atoms with E-state index in [0.29, 0.717) is 16.8 Å². The Kier molecular flexibility index (Phi) is 6.33. The molecule has 1 fully saturated rings. The first-order valence-electron chi connectivity index (χ1n) is 10.2. The Labute approximate surface area is 180 Å². The minimum atomic E-state index is -0.876. The lowest BCUT2D eigenvalue weighted by atomic mass is 9.94. The number of hydrogen-bond donors (Lipinski definition) is 1. The highest BCUT2D eigenvalue weighted by Crippen LogP contribution is 2.31. The molecule has 1 aliphatic carbocycles. The van der Waals surface area contributed by atoms with Crippen LogP contribution in [-0.2, 0) is 9.59 Å². The molecule has 2 heterocycles. The number of carbonyl (C=O) groups is 2. The number of alkyl halides is 1. The molecule has 1 N–H and O–H groups in total. The SMILES string of the molecule is O=C(NC1CCCCC1)C(c1cccnc1)N(C(=O)CCl)c1ccc2ccoc2c1. The van der Waals surface area contributed by atoms with Crippen LogP contribution in [0.5, 0.6) is 0 Å². The van der Waals surface area contributed by atoms with Crippen LogP contribution in [0.15, 0.2) is 59.5 Å². The molecule has 1 saturated carbocycles. The van der Waals surface area contributed by atoms with Gasteiger partial charge >= 0.3 is 0 Å². The van der Waals surface area contributed by atoms with E-state index in [1.807, 2.05) is 12.1 Å². The molecular formula is C23H24ClN3O3. The van der Waals surface area contributed by atoms with Crippen molar-refractivity contribution in [2.75, 3.05) is 10.8 Å². The van der Waals surface area contributed by atoms with E-state index < -0.39 is 6.04 Å². The molecule has 2 aromatic heterocycles. The third kappa shape index (κ3) is 4.33. The van der Waals surface area contributed by atoms with Gasteiger partial charge in [0.25, 0.3) is 0 Å². The van der Waals surface area contributed by atoms with E-state index in [0.717, 1.165) is 31.1 Å². The summed E-state index contributed by atoms with van der Waals surface area (Å²) in [6.07, 6.45) is 10.1. The van der Waals surface area contributed by atoms with Gasteiger partial charge in [0.15, 0.2) is 0 Å². The summed E-state index contributed by atoms with van der Waals surface area (Å²) < 4.78 is 5.51. The molecule has 4 rings (SSSR count). The fraction of sp³-hybridized carbons (Fsp3) is 0.348. The quantitative estimate of drug-likeness (QED) is 0.586. The molecule has 1 unspecified atom stereocenters. The molecule has 3 aromatic rings. The van der Waals surface area contributed by atoms with E-state index in [2.05, 4.69) is 10.3 Å². The second-order valence-corrected chi connectivity index (χ2v) is 7.84. The van der Waals surface area contributed by atoms with Gasteiger partial charge in [-0.25, -0.2) is 0 Å². The summed E-state index contributed by atoms with van der Waals surface area (Å²) in [4.78, 5) is 32.0. The van der Waals surface area contributed by atoms with Crippen LogP contribution in [0.2, 0.25) is 0 Å². The fourth-order valence-electron chi connectivity index (χ4n) is 4.08. The van der Waals surface area contributed by atoms with E-state index in [9.17, 15) is 9.59 Å². The number of halogens is 1. The van der Waals surface area contributed by atoms with Crippen LogP contribution in [0.4, 0.5) is 5.69 Å². The van der Waals surface area contributed by atoms with Crippen molar-refractivity contribution in [2.45, 2.75) is 44.2 Å². The molecule has 1 aliphatic rings. The molecule has 0 aliphatic heterocycles. The van der Waals surface area contributed by atoms with Gasteiger partial charge in [-0.3, -0.25) is 19.5 Å². The number of benzene rings is 1. The number of rotatable bonds is 6. The average molecular weight is 426 g/mol. The Morgan fingerprint density at radius 1 is 1.20 bits per heavy atom. The molecule has 1 aromatic carbocycles. The van der Waals surface area contributed by atoms with Crippen LogP contribution in [-0.4, -0.2) is 28.7 Å². The highest BCUT2D eigenvalue weighted by atomic mass is 35.5. The topological polar surface area (TPSA) is 75.4 Å². The molecule has 0 bridgehead atoms. The summed E-state index contributed by atoms with van der Waals surface area (Å²) >= 11 is 5.96. The zero-order valence-electron chi connectivity index (χ0n) is 16.6. The van der Waals surface area contributed by atoms with Crippen molar-refractivity contribution in [3.8, 4) is 0 Å².